The lowest BCUT2D eigenvalue weighted by Crippen LogP contribution is -2.24. The van der Waals surface area contributed by atoms with Crippen molar-refractivity contribution in [3.05, 3.63) is 18.2 Å². The number of fused-ring (bicyclic) bond motifs is 1. The predicted molar refractivity (Wildman–Crippen MR) is 71.7 cm³/mol. The number of halogens is 1. The summed E-state index contributed by atoms with van der Waals surface area (Å²) in [6.45, 7) is 2.04. The Morgan fingerprint density at radius 1 is 1.22 bits per heavy atom. The van der Waals surface area contributed by atoms with Crippen LogP contribution in [0.3, 0.4) is 0 Å². The number of anilines is 1. The maximum Gasteiger partial charge on any atom is 0.228 e. The molecule has 1 aromatic rings. The molecule has 0 spiro atoms. The van der Waals surface area contributed by atoms with Crippen molar-refractivity contribution in [3.63, 3.8) is 0 Å². The molecule has 1 saturated heterocycles. The minimum atomic E-state index is 0.145. The monoisotopic (exact) mass is 311 g/mol. The molecular weight excluding hydrogens is 298 g/mol. The predicted octanol–water partition coefficient (Wildman–Crippen LogP) is 2.35. The van der Waals surface area contributed by atoms with Gasteiger partial charge in [-0.15, -0.1) is 0 Å². The molecule has 4 nitrogen and oxygen atoms in total. The standard InChI is InChI=1S/C13H14BrNO3/c14-9-6-13(16)15(8-9)10-2-3-11-12(7-10)18-5-1-4-17-11/h2-3,7,9H,1,4-6,8H2. The fraction of sp³-hybridized carbons (Fsp3) is 0.462. The number of hydrogen-bond acceptors (Lipinski definition) is 3. The average molecular weight is 312 g/mol. The molecule has 0 radical (unpaired) electrons. The van der Waals surface area contributed by atoms with Crippen LogP contribution in [0.15, 0.2) is 18.2 Å². The third kappa shape index (κ3) is 2.19. The number of benzene rings is 1. The minimum Gasteiger partial charge on any atom is -0.490 e. The molecule has 0 saturated carbocycles. The van der Waals surface area contributed by atoms with Gasteiger partial charge >= 0.3 is 0 Å². The zero-order chi connectivity index (χ0) is 12.5. The van der Waals surface area contributed by atoms with E-state index >= 15 is 0 Å². The van der Waals surface area contributed by atoms with Gasteiger partial charge < -0.3 is 14.4 Å². The van der Waals surface area contributed by atoms with Crippen LogP contribution in [0.5, 0.6) is 11.5 Å². The SMILES string of the molecule is O=C1CC(Br)CN1c1ccc2c(c1)OCCCO2. The van der Waals surface area contributed by atoms with Gasteiger partial charge in [0.05, 0.1) is 13.2 Å². The lowest BCUT2D eigenvalue weighted by atomic mass is 10.2. The largest absolute Gasteiger partial charge is 0.490 e. The number of nitrogens with zero attached hydrogens (tertiary/aromatic N) is 1. The van der Waals surface area contributed by atoms with Gasteiger partial charge in [0, 0.05) is 36.0 Å². The number of carbonyl (C=O) groups excluding carboxylic acids is 1. The number of ether oxygens (including phenoxy) is 2. The van der Waals surface area contributed by atoms with Crippen molar-refractivity contribution in [1.29, 1.82) is 0 Å². The van der Waals surface area contributed by atoms with Gasteiger partial charge in [0.1, 0.15) is 0 Å². The molecule has 1 aromatic carbocycles. The van der Waals surface area contributed by atoms with E-state index in [9.17, 15) is 4.79 Å². The Bertz CT molecular complexity index is 477. The van der Waals surface area contributed by atoms with Crippen LogP contribution in [0.2, 0.25) is 0 Å². The summed E-state index contributed by atoms with van der Waals surface area (Å²) >= 11 is 3.49. The molecule has 2 aliphatic rings. The summed E-state index contributed by atoms with van der Waals surface area (Å²) in [6.07, 6.45) is 1.44. The average Bonchev–Trinajstić information content (AvgIpc) is 2.58. The first-order chi connectivity index (χ1) is 8.74. The first-order valence-corrected chi connectivity index (χ1v) is 7.00. The van der Waals surface area contributed by atoms with Crippen LogP contribution in [-0.2, 0) is 4.79 Å². The molecule has 2 heterocycles. The highest BCUT2D eigenvalue weighted by molar-refractivity contribution is 9.09. The van der Waals surface area contributed by atoms with Crippen molar-refractivity contribution in [2.45, 2.75) is 17.7 Å². The molecule has 5 heteroatoms. The fourth-order valence-corrected chi connectivity index (χ4v) is 2.80. The second-order valence-corrected chi connectivity index (χ2v) is 5.78. The number of amides is 1. The molecule has 0 aliphatic carbocycles. The molecule has 1 atom stereocenters. The van der Waals surface area contributed by atoms with Crippen LogP contribution in [0.4, 0.5) is 5.69 Å². The second-order valence-electron chi connectivity index (χ2n) is 4.49. The quantitative estimate of drug-likeness (QED) is 0.747. The van der Waals surface area contributed by atoms with Crippen LogP contribution in [-0.4, -0.2) is 30.5 Å². The smallest absolute Gasteiger partial charge is 0.228 e. The van der Waals surface area contributed by atoms with Crippen LogP contribution >= 0.6 is 15.9 Å². The van der Waals surface area contributed by atoms with Crippen molar-refractivity contribution >= 4 is 27.5 Å². The Hall–Kier alpha value is -1.23. The Labute approximate surface area is 114 Å². The van der Waals surface area contributed by atoms with E-state index in [0.717, 1.165) is 23.6 Å². The first-order valence-electron chi connectivity index (χ1n) is 6.08. The number of rotatable bonds is 1. The molecule has 1 unspecified atom stereocenters. The van der Waals surface area contributed by atoms with Gasteiger partial charge in [-0.05, 0) is 12.1 Å². The van der Waals surface area contributed by atoms with Gasteiger partial charge in [0.25, 0.3) is 0 Å². The molecule has 1 amide bonds. The topological polar surface area (TPSA) is 38.8 Å². The van der Waals surface area contributed by atoms with Gasteiger partial charge in [-0.2, -0.15) is 0 Å². The van der Waals surface area contributed by atoms with Gasteiger partial charge in [-0.1, -0.05) is 15.9 Å². The van der Waals surface area contributed by atoms with E-state index in [2.05, 4.69) is 15.9 Å². The van der Waals surface area contributed by atoms with Crippen molar-refractivity contribution in [1.82, 2.24) is 0 Å². The highest BCUT2D eigenvalue weighted by atomic mass is 79.9. The summed E-state index contributed by atoms with van der Waals surface area (Å²) in [6, 6.07) is 5.69. The normalized spacial score (nSPS) is 23.1. The summed E-state index contributed by atoms with van der Waals surface area (Å²) < 4.78 is 11.2. The third-order valence-corrected chi connectivity index (χ3v) is 3.73. The zero-order valence-electron chi connectivity index (χ0n) is 9.89. The molecular formula is C13H14BrNO3. The molecule has 0 aromatic heterocycles. The van der Waals surface area contributed by atoms with Crippen LogP contribution in [0.25, 0.3) is 0 Å². The van der Waals surface area contributed by atoms with Gasteiger partial charge in [-0.25, -0.2) is 0 Å². The summed E-state index contributed by atoms with van der Waals surface area (Å²) in [7, 11) is 0. The maximum absolute atomic E-state index is 11.8. The number of carbonyl (C=O) groups is 1. The van der Waals surface area contributed by atoms with E-state index in [4.69, 9.17) is 9.47 Å². The molecule has 0 N–H and O–H groups in total. The minimum absolute atomic E-state index is 0.145. The maximum atomic E-state index is 11.8. The van der Waals surface area contributed by atoms with Crippen LogP contribution in [0.1, 0.15) is 12.8 Å². The molecule has 0 bridgehead atoms. The van der Waals surface area contributed by atoms with Crippen molar-refractivity contribution in [2.24, 2.45) is 0 Å². The van der Waals surface area contributed by atoms with E-state index in [1.807, 2.05) is 18.2 Å². The Morgan fingerprint density at radius 2 is 2.00 bits per heavy atom. The van der Waals surface area contributed by atoms with Gasteiger partial charge in [0.15, 0.2) is 11.5 Å². The first kappa shape index (κ1) is 11.8. The van der Waals surface area contributed by atoms with Gasteiger partial charge in [-0.3, -0.25) is 4.79 Å². The lowest BCUT2D eigenvalue weighted by molar-refractivity contribution is -0.117. The van der Waals surface area contributed by atoms with E-state index < -0.39 is 0 Å². The Balaban J connectivity index is 1.90. The molecule has 3 rings (SSSR count). The van der Waals surface area contributed by atoms with E-state index in [-0.39, 0.29) is 10.7 Å². The van der Waals surface area contributed by atoms with Crippen molar-refractivity contribution < 1.29 is 14.3 Å². The molecule has 1 fully saturated rings. The van der Waals surface area contributed by atoms with Crippen LogP contribution in [0, 0.1) is 0 Å². The zero-order valence-corrected chi connectivity index (χ0v) is 11.5. The third-order valence-electron chi connectivity index (χ3n) is 3.12. The van der Waals surface area contributed by atoms with E-state index in [1.54, 1.807) is 4.90 Å². The molecule has 2 aliphatic heterocycles. The lowest BCUT2D eigenvalue weighted by Gasteiger charge is -2.17. The Morgan fingerprint density at radius 3 is 2.72 bits per heavy atom. The summed E-state index contributed by atoms with van der Waals surface area (Å²) in [5, 5.41) is 0. The van der Waals surface area contributed by atoms with Crippen molar-refractivity contribution in [2.75, 3.05) is 24.7 Å². The highest BCUT2D eigenvalue weighted by Crippen LogP contribution is 2.35. The fourth-order valence-electron chi connectivity index (χ4n) is 2.23. The van der Waals surface area contributed by atoms with Gasteiger partial charge in [0.2, 0.25) is 5.91 Å². The van der Waals surface area contributed by atoms with Crippen LogP contribution < -0.4 is 14.4 Å². The molecule has 96 valence electrons. The summed E-state index contributed by atoms with van der Waals surface area (Å²) in [5.74, 6) is 1.64. The van der Waals surface area contributed by atoms with Crippen molar-refractivity contribution in [3.8, 4) is 11.5 Å². The highest BCUT2D eigenvalue weighted by Gasteiger charge is 2.29. The number of hydrogen-bond donors (Lipinski definition) is 0. The summed E-state index contributed by atoms with van der Waals surface area (Å²) in [5.41, 5.74) is 0.881. The van der Waals surface area contributed by atoms with E-state index in [0.29, 0.717) is 26.2 Å². The molecule has 18 heavy (non-hydrogen) atoms. The summed E-state index contributed by atoms with van der Waals surface area (Å²) in [4.78, 5) is 13.9. The Kier molecular flexibility index (Phi) is 3.16. The van der Waals surface area contributed by atoms with E-state index in [1.165, 1.54) is 0 Å². The number of alkyl halides is 1. The second kappa shape index (κ2) is 4.80.